The molecule has 1 aliphatic carbocycles. The molecule has 0 aliphatic heterocycles. The fraction of sp³-hybridized carbons (Fsp3) is 0.462. The summed E-state index contributed by atoms with van der Waals surface area (Å²) >= 11 is 0. The number of ether oxygens (including phenoxy) is 2. The normalized spacial score (nSPS) is 14.6. The van der Waals surface area contributed by atoms with Gasteiger partial charge in [0.25, 0.3) is 0 Å². The Morgan fingerprint density at radius 2 is 2.24 bits per heavy atom. The molecule has 1 aromatic carbocycles. The van der Waals surface area contributed by atoms with Crippen LogP contribution in [0, 0.1) is 12.8 Å². The first-order valence-corrected chi connectivity index (χ1v) is 5.71. The van der Waals surface area contributed by atoms with E-state index >= 15 is 0 Å². The van der Waals surface area contributed by atoms with E-state index in [9.17, 15) is 4.79 Å². The molecule has 1 saturated carbocycles. The molecule has 0 atom stereocenters. The summed E-state index contributed by atoms with van der Waals surface area (Å²) in [6, 6.07) is 4.80. The molecule has 1 N–H and O–H groups in total. The van der Waals surface area contributed by atoms with E-state index in [2.05, 4.69) is 0 Å². The Bertz CT molecular complexity index is 410. The Hall–Kier alpha value is -1.55. The van der Waals surface area contributed by atoms with Crippen molar-refractivity contribution in [1.82, 2.24) is 0 Å². The monoisotopic (exact) mass is 236 g/mol. The second-order valence-electron chi connectivity index (χ2n) is 4.36. The standard InChI is InChI=1S/C13H16O4/c1-9-6-11(13(14)15)4-5-12(9)17-8-16-7-10-2-3-10/h4-6,10H,2-3,7-8H2,1H3,(H,14,15). The molecule has 0 radical (unpaired) electrons. The van der Waals surface area contributed by atoms with Gasteiger partial charge in [0.05, 0.1) is 12.2 Å². The Morgan fingerprint density at radius 3 is 2.82 bits per heavy atom. The molecule has 4 heteroatoms. The fourth-order valence-electron chi connectivity index (χ4n) is 1.55. The summed E-state index contributed by atoms with van der Waals surface area (Å²) in [5.74, 6) is 0.463. The number of hydrogen-bond donors (Lipinski definition) is 1. The number of carbonyl (C=O) groups is 1. The molecule has 1 aliphatic rings. The summed E-state index contributed by atoms with van der Waals surface area (Å²) < 4.78 is 10.8. The summed E-state index contributed by atoms with van der Waals surface area (Å²) in [7, 11) is 0. The van der Waals surface area contributed by atoms with Gasteiger partial charge in [0, 0.05) is 0 Å². The van der Waals surface area contributed by atoms with Crippen LogP contribution in [0.15, 0.2) is 18.2 Å². The molecule has 1 aromatic rings. The van der Waals surface area contributed by atoms with E-state index in [0.717, 1.165) is 12.2 Å². The topological polar surface area (TPSA) is 55.8 Å². The SMILES string of the molecule is Cc1cc(C(=O)O)ccc1OCOCC1CC1. The molecule has 0 aromatic heterocycles. The van der Waals surface area contributed by atoms with Crippen LogP contribution in [-0.2, 0) is 4.74 Å². The molecule has 0 amide bonds. The molecule has 17 heavy (non-hydrogen) atoms. The van der Waals surface area contributed by atoms with Gasteiger partial charge in [-0.3, -0.25) is 0 Å². The number of rotatable bonds is 6. The van der Waals surface area contributed by atoms with Crippen LogP contribution >= 0.6 is 0 Å². The molecule has 0 saturated heterocycles. The van der Waals surface area contributed by atoms with Crippen molar-refractivity contribution >= 4 is 5.97 Å². The molecule has 2 rings (SSSR count). The van der Waals surface area contributed by atoms with Crippen molar-refractivity contribution < 1.29 is 19.4 Å². The predicted octanol–water partition coefficient (Wildman–Crippen LogP) is 2.46. The van der Waals surface area contributed by atoms with Crippen molar-refractivity contribution in [2.45, 2.75) is 19.8 Å². The van der Waals surface area contributed by atoms with Gasteiger partial charge in [-0.15, -0.1) is 0 Å². The van der Waals surface area contributed by atoms with Gasteiger partial charge >= 0.3 is 5.97 Å². The van der Waals surface area contributed by atoms with Crippen molar-refractivity contribution in [1.29, 1.82) is 0 Å². The zero-order chi connectivity index (χ0) is 12.3. The molecular weight excluding hydrogens is 220 g/mol. The van der Waals surface area contributed by atoms with Crippen LogP contribution in [-0.4, -0.2) is 24.5 Å². The van der Waals surface area contributed by atoms with Crippen LogP contribution in [0.2, 0.25) is 0 Å². The van der Waals surface area contributed by atoms with Crippen LogP contribution in [0.1, 0.15) is 28.8 Å². The van der Waals surface area contributed by atoms with Crippen LogP contribution in [0.5, 0.6) is 5.75 Å². The third-order valence-electron chi connectivity index (χ3n) is 2.77. The number of hydrogen-bond acceptors (Lipinski definition) is 3. The van der Waals surface area contributed by atoms with Crippen molar-refractivity contribution in [3.05, 3.63) is 29.3 Å². The highest BCUT2D eigenvalue weighted by atomic mass is 16.7. The Morgan fingerprint density at radius 1 is 1.47 bits per heavy atom. The number of carboxylic acid groups (broad SMARTS) is 1. The fourth-order valence-corrected chi connectivity index (χ4v) is 1.55. The number of benzene rings is 1. The van der Waals surface area contributed by atoms with Gasteiger partial charge in [-0.1, -0.05) is 0 Å². The zero-order valence-electron chi connectivity index (χ0n) is 9.81. The van der Waals surface area contributed by atoms with E-state index in [4.69, 9.17) is 14.6 Å². The first-order valence-electron chi connectivity index (χ1n) is 5.71. The molecule has 0 unspecified atom stereocenters. The highest BCUT2D eigenvalue weighted by molar-refractivity contribution is 5.88. The van der Waals surface area contributed by atoms with E-state index in [1.165, 1.54) is 18.9 Å². The van der Waals surface area contributed by atoms with Crippen LogP contribution in [0.25, 0.3) is 0 Å². The molecule has 0 spiro atoms. The maximum absolute atomic E-state index is 10.7. The summed E-state index contributed by atoms with van der Waals surface area (Å²) in [5, 5.41) is 8.82. The van der Waals surface area contributed by atoms with Gasteiger partial charge in [-0.25, -0.2) is 4.79 Å². The Labute approximate surface area is 100 Å². The summed E-state index contributed by atoms with van der Waals surface area (Å²) in [6.07, 6.45) is 2.51. The van der Waals surface area contributed by atoms with E-state index in [-0.39, 0.29) is 12.4 Å². The summed E-state index contributed by atoms with van der Waals surface area (Å²) in [5.41, 5.74) is 1.08. The first kappa shape index (κ1) is 11.9. The lowest BCUT2D eigenvalue weighted by molar-refractivity contribution is 0.00961. The van der Waals surface area contributed by atoms with Gasteiger partial charge in [-0.2, -0.15) is 0 Å². The minimum absolute atomic E-state index is 0.226. The van der Waals surface area contributed by atoms with Gasteiger partial charge in [0.2, 0.25) is 0 Å². The van der Waals surface area contributed by atoms with E-state index in [1.807, 2.05) is 6.92 Å². The average Bonchev–Trinajstić information content (AvgIpc) is 3.09. The zero-order valence-corrected chi connectivity index (χ0v) is 9.81. The molecule has 1 fully saturated rings. The van der Waals surface area contributed by atoms with Gasteiger partial charge in [-0.05, 0) is 49.4 Å². The minimum atomic E-state index is -0.926. The van der Waals surface area contributed by atoms with Gasteiger partial charge in [0.1, 0.15) is 5.75 Å². The number of aryl methyl sites for hydroxylation is 1. The lowest BCUT2D eigenvalue weighted by Gasteiger charge is -2.09. The van der Waals surface area contributed by atoms with Crippen LogP contribution < -0.4 is 4.74 Å². The molecule has 4 nitrogen and oxygen atoms in total. The van der Waals surface area contributed by atoms with Crippen LogP contribution in [0.4, 0.5) is 0 Å². The summed E-state index contributed by atoms with van der Waals surface area (Å²) in [6.45, 7) is 2.80. The minimum Gasteiger partial charge on any atom is -0.478 e. The highest BCUT2D eigenvalue weighted by Gasteiger charge is 2.21. The highest BCUT2D eigenvalue weighted by Crippen LogP contribution is 2.28. The Balaban J connectivity index is 1.84. The molecule has 0 heterocycles. The molecule has 0 bridgehead atoms. The largest absolute Gasteiger partial charge is 0.478 e. The summed E-state index contributed by atoms with van der Waals surface area (Å²) in [4.78, 5) is 10.7. The van der Waals surface area contributed by atoms with Crippen molar-refractivity contribution in [2.75, 3.05) is 13.4 Å². The van der Waals surface area contributed by atoms with Crippen molar-refractivity contribution in [3.63, 3.8) is 0 Å². The predicted molar refractivity (Wildman–Crippen MR) is 62.3 cm³/mol. The molecule has 92 valence electrons. The number of carboxylic acids is 1. The first-order chi connectivity index (χ1) is 8.16. The van der Waals surface area contributed by atoms with E-state index < -0.39 is 5.97 Å². The van der Waals surface area contributed by atoms with Crippen LogP contribution in [0.3, 0.4) is 0 Å². The lowest BCUT2D eigenvalue weighted by Crippen LogP contribution is -2.06. The van der Waals surface area contributed by atoms with Crippen molar-refractivity contribution in [2.24, 2.45) is 5.92 Å². The number of aromatic carboxylic acids is 1. The second kappa shape index (κ2) is 5.19. The Kier molecular flexibility index (Phi) is 3.64. The lowest BCUT2D eigenvalue weighted by atomic mass is 10.1. The smallest absolute Gasteiger partial charge is 0.335 e. The maximum Gasteiger partial charge on any atom is 0.335 e. The third-order valence-corrected chi connectivity index (χ3v) is 2.77. The average molecular weight is 236 g/mol. The maximum atomic E-state index is 10.7. The quantitative estimate of drug-likeness (QED) is 0.609. The van der Waals surface area contributed by atoms with E-state index in [1.54, 1.807) is 12.1 Å². The van der Waals surface area contributed by atoms with E-state index in [0.29, 0.717) is 11.7 Å². The van der Waals surface area contributed by atoms with Gasteiger partial charge < -0.3 is 14.6 Å². The second-order valence-corrected chi connectivity index (χ2v) is 4.36. The molecular formula is C13H16O4. The van der Waals surface area contributed by atoms with Crippen molar-refractivity contribution in [3.8, 4) is 5.75 Å². The van der Waals surface area contributed by atoms with Gasteiger partial charge in [0.15, 0.2) is 6.79 Å². The third kappa shape index (κ3) is 3.46.